The number of rotatable bonds is 7. The van der Waals surface area contributed by atoms with Gasteiger partial charge in [0, 0.05) is 11.3 Å². The van der Waals surface area contributed by atoms with Crippen LogP contribution in [-0.4, -0.2) is 7.28 Å². The average Bonchev–Trinajstić information content (AvgIpc) is 3.65. The molecular formula is C62H60BN. The van der Waals surface area contributed by atoms with Gasteiger partial charge >= 0.3 is 0 Å². The number of para-hydroxylation sites is 2. The maximum Gasteiger partial charge on any atom is 0.188 e. The Labute approximate surface area is 383 Å². The molecule has 7 aromatic carbocycles. The molecule has 2 heteroatoms. The lowest BCUT2D eigenvalue weighted by Gasteiger charge is -2.43. The van der Waals surface area contributed by atoms with Crippen LogP contribution in [0.15, 0.2) is 175 Å². The maximum absolute atomic E-state index is 4.22. The van der Waals surface area contributed by atoms with Gasteiger partial charge in [0.05, 0.1) is 11.1 Å². The Bertz CT molecular complexity index is 3010. The van der Waals surface area contributed by atoms with E-state index in [0.717, 1.165) is 25.1 Å². The molecule has 0 saturated heterocycles. The van der Waals surface area contributed by atoms with Crippen molar-refractivity contribution in [2.24, 2.45) is 0 Å². The van der Waals surface area contributed by atoms with Crippen LogP contribution in [0.4, 0.5) is 11.4 Å². The summed E-state index contributed by atoms with van der Waals surface area (Å²) in [4.78, 5) is 0. The van der Waals surface area contributed by atoms with E-state index in [4.69, 9.17) is 0 Å². The first-order valence-electron chi connectivity index (χ1n) is 23.3. The zero-order valence-electron chi connectivity index (χ0n) is 39.0. The van der Waals surface area contributed by atoms with Crippen molar-refractivity contribution in [3.8, 4) is 22.3 Å². The van der Waals surface area contributed by atoms with Crippen LogP contribution in [0.1, 0.15) is 109 Å². The summed E-state index contributed by atoms with van der Waals surface area (Å²) in [5.74, 6) is 0. The average molecular weight is 830 g/mol. The molecule has 0 aromatic heterocycles. The normalized spacial score (nSPS) is 17.7. The van der Waals surface area contributed by atoms with Crippen LogP contribution in [0.3, 0.4) is 0 Å². The van der Waals surface area contributed by atoms with Gasteiger partial charge in [-0.15, -0.1) is 0 Å². The topological polar surface area (TPSA) is 12.0 Å². The molecule has 1 heterocycles. The van der Waals surface area contributed by atoms with Crippen molar-refractivity contribution in [2.75, 3.05) is 5.32 Å². The lowest BCUT2D eigenvalue weighted by Crippen LogP contribution is -2.35. The van der Waals surface area contributed by atoms with E-state index in [-0.39, 0.29) is 10.8 Å². The van der Waals surface area contributed by atoms with E-state index in [2.05, 4.69) is 219 Å². The fourth-order valence-electron chi connectivity index (χ4n) is 11.9. The Balaban J connectivity index is 1.24. The standard InChI is InChI=1S/C62H60BN/c1-10-21-43-35-44-37-53-54(61(8,9)33-32-60(53,6)7)38-49(44)57(43)42(5)63-58-41(4)34-45(56-39(2)22-19-23-40(56)3)36-50(58)48-28-20-30-52-59(48)64-55-31-18-17-29-51(55)62(52,46-24-13-11-14-25-46)47-26-15-12-16-27-47/h10-31,34,36-38,63-64H,1,32-33,35H2,2-9H3/b43-21-,57-42+. The second kappa shape index (κ2) is 15.7. The molecule has 0 amide bonds. The first-order valence-corrected chi connectivity index (χ1v) is 23.3. The molecule has 0 atom stereocenters. The molecule has 0 radical (unpaired) electrons. The molecule has 2 aliphatic carbocycles. The summed E-state index contributed by atoms with van der Waals surface area (Å²) in [5, 5.41) is 4.09. The molecule has 0 fully saturated rings. The Morgan fingerprint density at radius 2 is 1.19 bits per heavy atom. The van der Waals surface area contributed by atoms with E-state index >= 15 is 0 Å². The maximum atomic E-state index is 4.22. The van der Waals surface area contributed by atoms with Crippen molar-refractivity contribution in [1.82, 2.24) is 0 Å². The summed E-state index contributed by atoms with van der Waals surface area (Å²) in [7, 11) is 0.826. The zero-order chi connectivity index (χ0) is 44.5. The van der Waals surface area contributed by atoms with Crippen LogP contribution in [0.5, 0.6) is 0 Å². The van der Waals surface area contributed by atoms with Crippen LogP contribution >= 0.6 is 0 Å². The summed E-state index contributed by atoms with van der Waals surface area (Å²) >= 11 is 0. The number of aryl methyl sites for hydroxylation is 3. The van der Waals surface area contributed by atoms with Crippen molar-refractivity contribution in [1.29, 1.82) is 0 Å². The molecule has 10 rings (SSSR count). The Kier molecular flexibility index (Phi) is 10.2. The van der Waals surface area contributed by atoms with Gasteiger partial charge in [-0.05, 0) is 146 Å². The highest BCUT2D eigenvalue weighted by atomic mass is 14.9. The predicted octanol–water partition coefficient (Wildman–Crippen LogP) is 14.9. The lowest BCUT2D eigenvalue weighted by molar-refractivity contribution is 0.331. The van der Waals surface area contributed by atoms with Gasteiger partial charge < -0.3 is 5.32 Å². The highest BCUT2D eigenvalue weighted by Gasteiger charge is 2.45. The van der Waals surface area contributed by atoms with E-state index in [1.165, 1.54) is 118 Å². The third-order valence-corrected chi connectivity index (χ3v) is 15.2. The molecule has 0 unspecified atom stereocenters. The number of fused-ring (bicyclic) bond motifs is 4. The molecule has 1 nitrogen and oxygen atoms in total. The molecule has 1 N–H and O–H groups in total. The van der Waals surface area contributed by atoms with Gasteiger partial charge in [-0.3, -0.25) is 0 Å². The van der Waals surface area contributed by atoms with Crippen molar-refractivity contribution in [2.45, 2.75) is 90.9 Å². The van der Waals surface area contributed by atoms with Crippen molar-refractivity contribution < 1.29 is 0 Å². The first kappa shape index (κ1) is 41.6. The lowest BCUT2D eigenvalue weighted by atomic mass is 9.57. The highest BCUT2D eigenvalue weighted by molar-refractivity contribution is 6.64. The van der Waals surface area contributed by atoms with Gasteiger partial charge in [0.2, 0.25) is 0 Å². The van der Waals surface area contributed by atoms with Gasteiger partial charge in [0.15, 0.2) is 7.28 Å². The minimum Gasteiger partial charge on any atom is -0.354 e. The zero-order valence-corrected chi connectivity index (χ0v) is 39.0. The Hall–Kier alpha value is -6.38. The van der Waals surface area contributed by atoms with E-state index in [9.17, 15) is 0 Å². The first-order chi connectivity index (χ1) is 30.8. The molecule has 0 spiro atoms. The monoisotopic (exact) mass is 829 g/mol. The molecule has 64 heavy (non-hydrogen) atoms. The largest absolute Gasteiger partial charge is 0.354 e. The third kappa shape index (κ3) is 6.60. The van der Waals surface area contributed by atoms with Gasteiger partial charge in [0.1, 0.15) is 0 Å². The van der Waals surface area contributed by atoms with Gasteiger partial charge in [0.25, 0.3) is 0 Å². The molecule has 316 valence electrons. The fourth-order valence-corrected chi connectivity index (χ4v) is 11.9. The number of anilines is 2. The van der Waals surface area contributed by atoms with Crippen LogP contribution in [0, 0.1) is 20.8 Å². The van der Waals surface area contributed by atoms with Gasteiger partial charge in [-0.1, -0.05) is 203 Å². The summed E-state index contributed by atoms with van der Waals surface area (Å²) in [6, 6.07) is 55.0. The van der Waals surface area contributed by atoms with Crippen LogP contribution in [0.25, 0.3) is 27.8 Å². The second-order valence-electron chi connectivity index (χ2n) is 20.2. The molecule has 0 saturated carbocycles. The van der Waals surface area contributed by atoms with Crippen LogP contribution in [-0.2, 0) is 22.7 Å². The summed E-state index contributed by atoms with van der Waals surface area (Å²) in [6.07, 6.45) is 7.61. The van der Waals surface area contributed by atoms with E-state index < -0.39 is 5.41 Å². The SMILES string of the molecule is C=C/C=C1/Cc2cc3c(cc2/C1=C(\C)Bc1c(C)cc(-c2c(C)cccc2C)cc1-c1cccc2c1Nc1ccccc1C2(c1ccccc1)c1ccccc1)C(C)(C)CCC3(C)C. The predicted molar refractivity (Wildman–Crippen MR) is 276 cm³/mol. The molecule has 1 aliphatic heterocycles. The van der Waals surface area contributed by atoms with Crippen molar-refractivity contribution >= 4 is 29.7 Å². The van der Waals surface area contributed by atoms with Crippen molar-refractivity contribution in [3.63, 3.8) is 0 Å². The Morgan fingerprint density at radius 1 is 0.594 bits per heavy atom. The Morgan fingerprint density at radius 3 is 1.84 bits per heavy atom. The van der Waals surface area contributed by atoms with Crippen LogP contribution < -0.4 is 10.8 Å². The van der Waals surface area contributed by atoms with E-state index in [0.29, 0.717) is 0 Å². The van der Waals surface area contributed by atoms with E-state index in [1.54, 1.807) is 0 Å². The summed E-state index contributed by atoms with van der Waals surface area (Å²) in [5.41, 5.74) is 27.5. The summed E-state index contributed by atoms with van der Waals surface area (Å²) in [6.45, 7) is 23.2. The molecular weight excluding hydrogens is 770 g/mol. The van der Waals surface area contributed by atoms with Gasteiger partial charge in [-0.2, -0.15) is 0 Å². The quantitative estimate of drug-likeness (QED) is 0.158. The summed E-state index contributed by atoms with van der Waals surface area (Å²) < 4.78 is 0. The van der Waals surface area contributed by atoms with E-state index in [1.807, 2.05) is 6.08 Å². The smallest absolute Gasteiger partial charge is 0.188 e. The number of hydrogen-bond acceptors (Lipinski definition) is 1. The second-order valence-corrected chi connectivity index (χ2v) is 20.2. The van der Waals surface area contributed by atoms with Crippen LogP contribution in [0.2, 0.25) is 0 Å². The fraction of sp³-hybridized carbons (Fsp3) is 0.226. The minimum absolute atomic E-state index is 0.129. The molecule has 3 aliphatic rings. The molecule has 7 aromatic rings. The van der Waals surface area contributed by atoms with Crippen molar-refractivity contribution in [3.05, 3.63) is 237 Å². The number of allylic oxidation sites excluding steroid dienone is 5. The number of nitrogens with one attached hydrogen (secondary N) is 1. The molecule has 0 bridgehead atoms. The highest BCUT2D eigenvalue weighted by Crippen LogP contribution is 2.56. The minimum atomic E-state index is -0.549. The third-order valence-electron chi connectivity index (χ3n) is 15.2. The number of hydrogen-bond donors (Lipinski definition) is 1. The number of benzene rings is 7. The van der Waals surface area contributed by atoms with Gasteiger partial charge in [-0.25, -0.2) is 0 Å².